The number of ether oxygens (including phenoxy) is 1. The average Bonchev–Trinajstić information content (AvgIpc) is 2.13. The van der Waals surface area contributed by atoms with Crippen LogP contribution in [0.2, 0.25) is 0 Å². The minimum atomic E-state index is -0.101. The third-order valence-corrected chi connectivity index (χ3v) is 3.72. The van der Waals surface area contributed by atoms with E-state index in [1.165, 1.54) is 13.5 Å². The molecule has 0 aliphatic heterocycles. The fraction of sp³-hybridized carbons (Fsp3) is 0.929. The number of carbonyl (C=O) groups excluding carboxylic acids is 1. The van der Waals surface area contributed by atoms with Gasteiger partial charge in [-0.05, 0) is 37.1 Å². The lowest BCUT2D eigenvalue weighted by molar-refractivity contribution is -0.143. The molecule has 0 aromatic rings. The first kappa shape index (κ1) is 14.5. The topological polar surface area (TPSA) is 38.3 Å². The van der Waals surface area contributed by atoms with E-state index in [4.69, 9.17) is 4.74 Å². The Labute approximate surface area is 105 Å². The third-order valence-electron chi connectivity index (χ3n) is 3.72. The molecule has 0 aromatic carbocycles. The van der Waals surface area contributed by atoms with Crippen LogP contribution >= 0.6 is 0 Å². The quantitative estimate of drug-likeness (QED) is 0.769. The SMILES string of the molecule is CCNC1(CC(=O)OC)CC(C)CC(C)(C)C1. The van der Waals surface area contributed by atoms with Gasteiger partial charge in [0.15, 0.2) is 0 Å². The fourth-order valence-corrected chi connectivity index (χ4v) is 3.80. The van der Waals surface area contributed by atoms with Crippen LogP contribution in [0.1, 0.15) is 53.4 Å². The van der Waals surface area contributed by atoms with Crippen LogP contribution in [0, 0.1) is 11.3 Å². The van der Waals surface area contributed by atoms with Gasteiger partial charge in [-0.3, -0.25) is 4.79 Å². The van der Waals surface area contributed by atoms with Crippen molar-refractivity contribution in [1.82, 2.24) is 5.32 Å². The van der Waals surface area contributed by atoms with Crippen LogP contribution in [0.4, 0.5) is 0 Å². The zero-order chi connectivity index (χ0) is 13.1. The van der Waals surface area contributed by atoms with Crippen LogP contribution in [0.15, 0.2) is 0 Å². The molecule has 0 saturated heterocycles. The molecule has 1 saturated carbocycles. The summed E-state index contributed by atoms with van der Waals surface area (Å²) in [6.45, 7) is 9.88. The molecular weight excluding hydrogens is 214 g/mol. The highest BCUT2D eigenvalue weighted by molar-refractivity contribution is 5.70. The smallest absolute Gasteiger partial charge is 0.307 e. The van der Waals surface area contributed by atoms with Crippen molar-refractivity contribution < 1.29 is 9.53 Å². The van der Waals surface area contributed by atoms with Crippen molar-refractivity contribution in [2.24, 2.45) is 11.3 Å². The van der Waals surface area contributed by atoms with Gasteiger partial charge in [0.05, 0.1) is 13.5 Å². The first-order valence-electron chi connectivity index (χ1n) is 6.64. The van der Waals surface area contributed by atoms with Gasteiger partial charge in [-0.2, -0.15) is 0 Å². The Morgan fingerprint density at radius 3 is 2.53 bits per heavy atom. The third kappa shape index (κ3) is 3.98. The predicted molar refractivity (Wildman–Crippen MR) is 69.8 cm³/mol. The Hall–Kier alpha value is -0.570. The number of esters is 1. The number of carbonyl (C=O) groups is 1. The van der Waals surface area contributed by atoms with E-state index in [1.807, 2.05) is 0 Å². The van der Waals surface area contributed by atoms with Crippen LogP contribution in [0.5, 0.6) is 0 Å². The maximum Gasteiger partial charge on any atom is 0.307 e. The van der Waals surface area contributed by atoms with Crippen LogP contribution < -0.4 is 5.32 Å². The Bertz CT molecular complexity index is 275. The molecule has 1 rings (SSSR count). The molecule has 1 aliphatic carbocycles. The van der Waals surface area contributed by atoms with E-state index in [2.05, 4.69) is 33.0 Å². The van der Waals surface area contributed by atoms with E-state index in [-0.39, 0.29) is 11.5 Å². The number of hydrogen-bond donors (Lipinski definition) is 1. The minimum absolute atomic E-state index is 0.0665. The van der Waals surface area contributed by atoms with E-state index >= 15 is 0 Å². The maximum absolute atomic E-state index is 11.6. The summed E-state index contributed by atoms with van der Waals surface area (Å²) in [5.74, 6) is 0.554. The molecule has 1 fully saturated rings. The maximum atomic E-state index is 11.6. The van der Waals surface area contributed by atoms with Crippen LogP contribution in [0.25, 0.3) is 0 Å². The molecule has 100 valence electrons. The second-order valence-electron chi connectivity index (χ2n) is 6.42. The molecule has 2 unspecified atom stereocenters. The van der Waals surface area contributed by atoms with E-state index in [0.717, 1.165) is 19.4 Å². The first-order valence-corrected chi connectivity index (χ1v) is 6.64. The summed E-state index contributed by atoms with van der Waals surface area (Å²) in [5, 5.41) is 3.55. The molecule has 3 heteroatoms. The highest BCUT2D eigenvalue weighted by atomic mass is 16.5. The van der Waals surface area contributed by atoms with Gasteiger partial charge < -0.3 is 10.1 Å². The van der Waals surface area contributed by atoms with Gasteiger partial charge in [0.2, 0.25) is 0 Å². The van der Waals surface area contributed by atoms with Crippen molar-refractivity contribution in [2.75, 3.05) is 13.7 Å². The number of hydrogen-bond acceptors (Lipinski definition) is 3. The van der Waals surface area contributed by atoms with Gasteiger partial charge in [0.1, 0.15) is 0 Å². The average molecular weight is 241 g/mol. The molecule has 2 atom stereocenters. The molecule has 1 N–H and O–H groups in total. The standard InChI is InChI=1S/C14H27NO2/c1-6-15-14(9-12(16)17-5)8-11(2)7-13(3,4)10-14/h11,15H,6-10H2,1-5H3. The number of nitrogens with one attached hydrogen (secondary N) is 1. The van der Waals surface area contributed by atoms with Crippen LogP contribution in [-0.4, -0.2) is 25.2 Å². The summed E-state index contributed by atoms with van der Waals surface area (Å²) < 4.78 is 4.85. The normalized spacial score (nSPS) is 32.2. The Balaban J connectivity index is 2.85. The van der Waals surface area contributed by atoms with Crippen molar-refractivity contribution >= 4 is 5.97 Å². The van der Waals surface area contributed by atoms with Gasteiger partial charge in [0, 0.05) is 5.54 Å². The molecule has 3 nitrogen and oxygen atoms in total. The summed E-state index contributed by atoms with van der Waals surface area (Å²) in [6.07, 6.45) is 3.85. The first-order chi connectivity index (χ1) is 7.82. The number of methoxy groups -OCH3 is 1. The van der Waals surface area contributed by atoms with Gasteiger partial charge in [-0.15, -0.1) is 0 Å². The lowest BCUT2D eigenvalue weighted by Crippen LogP contribution is -2.53. The summed E-state index contributed by atoms with van der Waals surface area (Å²) in [6, 6.07) is 0. The van der Waals surface area contributed by atoms with E-state index in [1.54, 1.807) is 0 Å². The highest BCUT2D eigenvalue weighted by Crippen LogP contribution is 2.45. The summed E-state index contributed by atoms with van der Waals surface area (Å²) in [7, 11) is 1.47. The molecule has 0 radical (unpaired) electrons. The van der Waals surface area contributed by atoms with E-state index < -0.39 is 0 Å². The second-order valence-corrected chi connectivity index (χ2v) is 6.42. The summed E-state index contributed by atoms with van der Waals surface area (Å²) >= 11 is 0. The molecule has 1 aliphatic rings. The monoisotopic (exact) mass is 241 g/mol. The van der Waals surface area contributed by atoms with Crippen molar-refractivity contribution in [3.8, 4) is 0 Å². The molecule has 0 spiro atoms. The molecule has 0 amide bonds. The minimum Gasteiger partial charge on any atom is -0.469 e. The lowest BCUT2D eigenvalue weighted by atomic mass is 9.63. The zero-order valence-electron chi connectivity index (χ0n) is 11.9. The molecule has 0 aromatic heterocycles. The van der Waals surface area contributed by atoms with Gasteiger partial charge >= 0.3 is 5.97 Å². The molecule has 17 heavy (non-hydrogen) atoms. The largest absolute Gasteiger partial charge is 0.469 e. The van der Waals surface area contributed by atoms with Crippen molar-refractivity contribution in [3.63, 3.8) is 0 Å². The zero-order valence-corrected chi connectivity index (χ0v) is 11.9. The van der Waals surface area contributed by atoms with Crippen molar-refractivity contribution in [1.29, 1.82) is 0 Å². The van der Waals surface area contributed by atoms with Crippen LogP contribution in [-0.2, 0) is 9.53 Å². The van der Waals surface area contributed by atoms with Gasteiger partial charge in [-0.25, -0.2) is 0 Å². The second kappa shape index (κ2) is 5.38. The van der Waals surface area contributed by atoms with Crippen molar-refractivity contribution in [2.45, 2.75) is 58.9 Å². The Kier molecular flexibility index (Phi) is 4.59. The van der Waals surface area contributed by atoms with E-state index in [0.29, 0.717) is 17.8 Å². The van der Waals surface area contributed by atoms with Gasteiger partial charge in [-0.1, -0.05) is 27.7 Å². The lowest BCUT2D eigenvalue weighted by Gasteiger charge is -2.47. The summed E-state index contributed by atoms with van der Waals surface area (Å²) in [4.78, 5) is 11.6. The predicted octanol–water partition coefficient (Wildman–Crippen LogP) is 2.74. The van der Waals surface area contributed by atoms with Gasteiger partial charge in [0.25, 0.3) is 0 Å². The Morgan fingerprint density at radius 2 is 2.06 bits per heavy atom. The Morgan fingerprint density at radius 1 is 1.41 bits per heavy atom. The van der Waals surface area contributed by atoms with Crippen LogP contribution in [0.3, 0.4) is 0 Å². The fourth-order valence-electron chi connectivity index (χ4n) is 3.80. The molecular formula is C14H27NO2. The van der Waals surface area contributed by atoms with E-state index in [9.17, 15) is 4.79 Å². The molecule has 0 bridgehead atoms. The number of rotatable bonds is 4. The highest BCUT2D eigenvalue weighted by Gasteiger charge is 2.43. The molecule has 0 heterocycles. The van der Waals surface area contributed by atoms with Crippen molar-refractivity contribution in [3.05, 3.63) is 0 Å². The summed E-state index contributed by atoms with van der Waals surface area (Å²) in [5.41, 5.74) is 0.233.